The molecule has 0 spiro atoms. The van der Waals surface area contributed by atoms with Crippen molar-refractivity contribution in [3.63, 3.8) is 0 Å². The number of rotatable bonds is 9. The number of amides is 3. The summed E-state index contributed by atoms with van der Waals surface area (Å²) in [5.74, 6) is -0.502. The van der Waals surface area contributed by atoms with Crippen LogP contribution in [0.5, 0.6) is 0 Å². The summed E-state index contributed by atoms with van der Waals surface area (Å²) < 4.78 is 0. The van der Waals surface area contributed by atoms with E-state index in [2.05, 4.69) is 5.32 Å². The molecule has 1 heterocycles. The van der Waals surface area contributed by atoms with Gasteiger partial charge in [0.1, 0.15) is 12.6 Å². The second kappa shape index (κ2) is 10.9. The summed E-state index contributed by atoms with van der Waals surface area (Å²) >= 11 is 12.3. The number of nitrogens with zero attached hydrogens (tertiary/aromatic N) is 2. The molecule has 3 amide bonds. The van der Waals surface area contributed by atoms with Gasteiger partial charge in [-0.15, -0.1) is 0 Å². The van der Waals surface area contributed by atoms with E-state index in [9.17, 15) is 14.4 Å². The van der Waals surface area contributed by atoms with Crippen molar-refractivity contribution in [3.8, 4) is 0 Å². The first-order valence-corrected chi connectivity index (χ1v) is 12.8. The smallest absolute Gasteiger partial charge is 0.259 e. The zero-order valence-electron chi connectivity index (χ0n) is 20.6. The number of halogens is 2. The van der Waals surface area contributed by atoms with E-state index in [-0.39, 0.29) is 36.7 Å². The molecule has 3 aromatic rings. The Bertz CT molecular complexity index is 1320. The van der Waals surface area contributed by atoms with E-state index in [0.717, 1.165) is 16.3 Å². The van der Waals surface area contributed by atoms with Gasteiger partial charge in [-0.25, -0.2) is 0 Å². The highest BCUT2D eigenvalue weighted by molar-refractivity contribution is 6.42. The zero-order valence-corrected chi connectivity index (χ0v) is 22.1. The highest BCUT2D eigenvalue weighted by Crippen LogP contribution is 2.37. The van der Waals surface area contributed by atoms with Gasteiger partial charge in [-0.2, -0.15) is 0 Å². The maximum Gasteiger partial charge on any atom is 0.259 e. The fourth-order valence-corrected chi connectivity index (χ4v) is 4.86. The van der Waals surface area contributed by atoms with Gasteiger partial charge in [0.15, 0.2) is 0 Å². The molecule has 188 valence electrons. The number of carbonyl (C=O) groups excluding carboxylic acids is 3. The van der Waals surface area contributed by atoms with Gasteiger partial charge in [-0.05, 0) is 47.6 Å². The lowest BCUT2D eigenvalue weighted by atomic mass is 10.1. The molecule has 1 N–H and O–H groups in total. The topological polar surface area (TPSA) is 69.7 Å². The molecule has 0 radical (unpaired) electrons. The highest BCUT2D eigenvalue weighted by Gasteiger charge is 2.35. The van der Waals surface area contributed by atoms with Crippen molar-refractivity contribution >= 4 is 57.4 Å². The third-order valence-electron chi connectivity index (χ3n) is 6.35. The van der Waals surface area contributed by atoms with Gasteiger partial charge in [0.05, 0.1) is 15.7 Å². The van der Waals surface area contributed by atoms with Gasteiger partial charge in [0.25, 0.3) is 5.91 Å². The van der Waals surface area contributed by atoms with Crippen LogP contribution < -0.4 is 10.2 Å². The van der Waals surface area contributed by atoms with E-state index in [4.69, 9.17) is 23.2 Å². The summed E-state index contributed by atoms with van der Waals surface area (Å²) in [5, 5.41) is 5.52. The van der Waals surface area contributed by atoms with Crippen molar-refractivity contribution in [2.24, 2.45) is 5.92 Å². The van der Waals surface area contributed by atoms with Crippen LogP contribution in [0.2, 0.25) is 10.0 Å². The fourth-order valence-electron chi connectivity index (χ4n) is 4.54. The monoisotopic (exact) mass is 525 g/mol. The lowest BCUT2D eigenvalue weighted by molar-refractivity contribution is -0.140. The molecule has 0 aromatic heterocycles. The molecule has 1 aliphatic rings. The number of carbonyl (C=O) groups is 3. The highest BCUT2D eigenvalue weighted by atomic mass is 35.5. The minimum atomic E-state index is -0.707. The first-order valence-electron chi connectivity index (χ1n) is 12.1. The molecular weight excluding hydrogens is 497 g/mol. The Morgan fingerprint density at radius 1 is 1.03 bits per heavy atom. The van der Waals surface area contributed by atoms with Crippen molar-refractivity contribution in [3.05, 3.63) is 75.8 Å². The Labute approximate surface area is 221 Å². The maximum atomic E-state index is 13.8. The Morgan fingerprint density at radius 2 is 1.75 bits per heavy atom. The predicted octanol–water partition coefficient (Wildman–Crippen LogP) is 5.69. The molecule has 1 aliphatic heterocycles. The van der Waals surface area contributed by atoms with Crippen molar-refractivity contribution in [2.75, 3.05) is 18.0 Å². The van der Waals surface area contributed by atoms with Crippen molar-refractivity contribution in [1.29, 1.82) is 0 Å². The van der Waals surface area contributed by atoms with Crippen LogP contribution in [0, 0.1) is 5.92 Å². The lowest BCUT2D eigenvalue weighted by Crippen LogP contribution is -2.52. The van der Waals surface area contributed by atoms with Crippen LogP contribution >= 0.6 is 23.2 Å². The van der Waals surface area contributed by atoms with Crippen LogP contribution in [0.1, 0.15) is 43.1 Å². The molecule has 6 nitrogen and oxygen atoms in total. The number of benzene rings is 3. The van der Waals surface area contributed by atoms with Gasteiger partial charge < -0.3 is 10.2 Å². The van der Waals surface area contributed by atoms with Gasteiger partial charge in [-0.1, -0.05) is 74.3 Å². The molecule has 0 saturated heterocycles. The van der Waals surface area contributed by atoms with Crippen molar-refractivity contribution in [1.82, 2.24) is 10.2 Å². The Morgan fingerprint density at radius 3 is 2.42 bits per heavy atom. The SMILES string of the molecule is CC[C@@H](C(=O)NCC(C)C)N(Cc1ccc(Cl)c(Cl)c1)C(=O)CN1C(=O)c2cccc3cccc1c23. The molecule has 0 fully saturated rings. The van der Waals surface area contributed by atoms with Gasteiger partial charge in [0, 0.05) is 24.0 Å². The summed E-state index contributed by atoms with van der Waals surface area (Å²) in [7, 11) is 0. The summed E-state index contributed by atoms with van der Waals surface area (Å²) in [6, 6.07) is 15.7. The van der Waals surface area contributed by atoms with E-state index < -0.39 is 6.04 Å². The van der Waals surface area contributed by atoms with Crippen molar-refractivity contribution in [2.45, 2.75) is 39.8 Å². The quantitative estimate of drug-likeness (QED) is 0.390. The predicted molar refractivity (Wildman–Crippen MR) is 145 cm³/mol. The van der Waals surface area contributed by atoms with E-state index in [1.165, 1.54) is 9.80 Å². The average Bonchev–Trinajstić information content (AvgIpc) is 3.12. The molecule has 1 atom stereocenters. The second-order valence-electron chi connectivity index (χ2n) is 9.41. The van der Waals surface area contributed by atoms with E-state index in [1.807, 2.05) is 51.1 Å². The third-order valence-corrected chi connectivity index (χ3v) is 7.09. The fraction of sp³-hybridized carbons (Fsp3) is 0.321. The standard InChI is InChI=1S/C28H29Cl2N3O3/c1-4-23(27(35)31-14-17(2)3)32(15-18-11-12-21(29)22(30)13-18)25(34)16-33-24-10-6-8-19-7-5-9-20(26(19)24)28(33)36/h5-13,17,23H,4,14-16H2,1-3H3,(H,31,35)/t23-/m0/s1. The Balaban J connectivity index is 1.65. The van der Waals surface area contributed by atoms with Crippen LogP contribution in [0.3, 0.4) is 0 Å². The van der Waals surface area contributed by atoms with Gasteiger partial charge >= 0.3 is 0 Å². The van der Waals surface area contributed by atoms with E-state index in [0.29, 0.717) is 34.3 Å². The van der Waals surface area contributed by atoms with Gasteiger partial charge in [0.2, 0.25) is 11.8 Å². The normalized spacial score (nSPS) is 13.4. The van der Waals surface area contributed by atoms with Crippen LogP contribution in [-0.4, -0.2) is 41.8 Å². The van der Waals surface area contributed by atoms with Crippen molar-refractivity contribution < 1.29 is 14.4 Å². The van der Waals surface area contributed by atoms with Crippen LogP contribution in [0.15, 0.2) is 54.6 Å². The minimum absolute atomic E-state index is 0.155. The van der Waals surface area contributed by atoms with Crippen LogP contribution in [0.4, 0.5) is 5.69 Å². The molecule has 4 rings (SSSR count). The molecule has 8 heteroatoms. The largest absolute Gasteiger partial charge is 0.354 e. The first-order chi connectivity index (χ1) is 17.2. The molecular formula is C28H29Cl2N3O3. The summed E-state index contributed by atoms with van der Waals surface area (Å²) in [6.45, 7) is 6.37. The average molecular weight is 526 g/mol. The number of nitrogens with one attached hydrogen (secondary N) is 1. The minimum Gasteiger partial charge on any atom is -0.354 e. The number of anilines is 1. The van der Waals surface area contributed by atoms with E-state index >= 15 is 0 Å². The molecule has 36 heavy (non-hydrogen) atoms. The zero-order chi connectivity index (χ0) is 26.0. The summed E-state index contributed by atoms with van der Waals surface area (Å²) in [5.41, 5.74) is 2.02. The van der Waals surface area contributed by atoms with Crippen LogP contribution in [-0.2, 0) is 16.1 Å². The summed E-state index contributed by atoms with van der Waals surface area (Å²) in [6.07, 6.45) is 0.417. The third kappa shape index (κ3) is 5.20. The molecule has 3 aromatic carbocycles. The Hall–Kier alpha value is -3.09. The molecule has 0 saturated carbocycles. The first kappa shape index (κ1) is 26.0. The molecule has 0 aliphatic carbocycles. The number of hydrogen-bond acceptors (Lipinski definition) is 3. The van der Waals surface area contributed by atoms with Crippen LogP contribution in [0.25, 0.3) is 10.8 Å². The lowest BCUT2D eigenvalue weighted by Gasteiger charge is -2.32. The molecule has 0 bridgehead atoms. The second-order valence-corrected chi connectivity index (χ2v) is 10.2. The maximum absolute atomic E-state index is 13.8. The number of hydrogen-bond donors (Lipinski definition) is 1. The Kier molecular flexibility index (Phi) is 7.86. The molecule has 0 unspecified atom stereocenters. The summed E-state index contributed by atoms with van der Waals surface area (Å²) in [4.78, 5) is 43.2. The van der Waals surface area contributed by atoms with E-state index in [1.54, 1.807) is 24.3 Å². The van der Waals surface area contributed by atoms with Gasteiger partial charge in [-0.3, -0.25) is 19.3 Å².